The smallest absolute Gasteiger partial charge is 0.328 e. The Hall–Kier alpha value is -1.99. The summed E-state index contributed by atoms with van der Waals surface area (Å²) in [5, 5.41) is 20.6. The molecule has 0 aliphatic carbocycles. The molecule has 0 saturated heterocycles. The number of amides is 1. The van der Waals surface area contributed by atoms with Crippen LogP contribution in [-0.4, -0.2) is 39.2 Å². The predicted molar refractivity (Wildman–Crippen MR) is 77.5 cm³/mol. The monoisotopic (exact) mass is 296 g/mol. The van der Waals surface area contributed by atoms with E-state index in [2.05, 4.69) is 5.32 Å². The van der Waals surface area contributed by atoms with Crippen LogP contribution in [-0.2, 0) is 11.2 Å². The van der Waals surface area contributed by atoms with E-state index in [1.807, 2.05) is 0 Å². The number of carboxylic acids is 1. The van der Waals surface area contributed by atoms with Gasteiger partial charge in [-0.3, -0.25) is 4.79 Å². The number of carbonyl (C=O) groups excluding carboxylic acids is 1. The molecule has 7 heteroatoms. The van der Waals surface area contributed by atoms with E-state index in [0.29, 0.717) is 5.56 Å². The summed E-state index contributed by atoms with van der Waals surface area (Å²) in [6.45, 7) is 1.29. The van der Waals surface area contributed by atoms with Gasteiger partial charge in [-0.15, -0.1) is 0 Å². The third kappa shape index (κ3) is 4.29. The third-order valence-electron chi connectivity index (χ3n) is 2.66. The van der Waals surface area contributed by atoms with Crippen molar-refractivity contribution in [3.05, 3.63) is 35.4 Å². The molecule has 0 heterocycles. The lowest BCUT2D eigenvalue weighted by Gasteiger charge is -2.18. The topological polar surface area (TPSA) is 113 Å². The molecule has 0 aliphatic heterocycles. The number of hydrogen-bond donors (Lipinski definition) is 4. The van der Waals surface area contributed by atoms with Crippen molar-refractivity contribution in [3.63, 3.8) is 0 Å². The first-order valence-corrected chi connectivity index (χ1v) is 6.31. The largest absolute Gasteiger partial charge is 0.480 e. The van der Waals surface area contributed by atoms with E-state index in [4.69, 9.17) is 23.1 Å². The Morgan fingerprint density at radius 1 is 1.40 bits per heavy atom. The van der Waals surface area contributed by atoms with Crippen LogP contribution >= 0.6 is 12.2 Å². The fourth-order valence-electron chi connectivity index (χ4n) is 1.69. The van der Waals surface area contributed by atoms with Gasteiger partial charge in [0.05, 0.1) is 11.1 Å². The first kappa shape index (κ1) is 16.1. The van der Waals surface area contributed by atoms with Crippen molar-refractivity contribution in [2.75, 3.05) is 0 Å². The number of nitrogens with one attached hydrogen (secondary N) is 1. The first-order valence-electron chi connectivity index (χ1n) is 5.91. The Morgan fingerprint density at radius 3 is 2.50 bits per heavy atom. The molecule has 0 aromatic heterocycles. The number of carboxylic acid groups (broad SMARTS) is 1. The molecule has 5 N–H and O–H groups in total. The molecule has 20 heavy (non-hydrogen) atoms. The molecule has 2 atom stereocenters. The predicted octanol–water partition coefficient (Wildman–Crippen LogP) is 0.0790. The summed E-state index contributed by atoms with van der Waals surface area (Å²) in [5.74, 6) is -1.90. The molecular formula is C13H16N2O4S. The van der Waals surface area contributed by atoms with Crippen molar-refractivity contribution in [3.8, 4) is 0 Å². The highest BCUT2D eigenvalue weighted by Gasteiger charge is 2.26. The van der Waals surface area contributed by atoms with E-state index in [1.54, 1.807) is 24.3 Å². The van der Waals surface area contributed by atoms with Gasteiger partial charge in [-0.25, -0.2) is 4.79 Å². The van der Waals surface area contributed by atoms with E-state index in [0.717, 1.165) is 0 Å². The second-order valence-corrected chi connectivity index (χ2v) is 4.85. The van der Waals surface area contributed by atoms with Crippen LogP contribution in [0.3, 0.4) is 0 Å². The maximum absolute atomic E-state index is 12.1. The van der Waals surface area contributed by atoms with Gasteiger partial charge >= 0.3 is 5.97 Å². The van der Waals surface area contributed by atoms with Gasteiger partial charge < -0.3 is 21.3 Å². The summed E-state index contributed by atoms with van der Waals surface area (Å²) in [7, 11) is 0. The zero-order valence-electron chi connectivity index (χ0n) is 10.9. The summed E-state index contributed by atoms with van der Waals surface area (Å²) in [6.07, 6.45) is -0.968. The molecule has 0 aliphatic rings. The van der Waals surface area contributed by atoms with Crippen molar-refractivity contribution in [2.45, 2.75) is 25.5 Å². The van der Waals surface area contributed by atoms with Crippen molar-refractivity contribution < 1.29 is 19.8 Å². The fourth-order valence-corrected chi connectivity index (χ4v) is 1.85. The van der Waals surface area contributed by atoms with Crippen molar-refractivity contribution in [1.82, 2.24) is 5.32 Å². The first-order chi connectivity index (χ1) is 9.32. The molecule has 1 aromatic carbocycles. The summed E-state index contributed by atoms with van der Waals surface area (Å²) in [6, 6.07) is 5.24. The van der Waals surface area contributed by atoms with Crippen LogP contribution in [0.25, 0.3) is 0 Å². The third-order valence-corrected chi connectivity index (χ3v) is 2.81. The molecular weight excluding hydrogens is 280 g/mol. The number of rotatable bonds is 6. The number of carbonyl (C=O) groups is 2. The van der Waals surface area contributed by atoms with Crippen LogP contribution < -0.4 is 11.1 Å². The SMILES string of the molecule is CC(O)C(NC(=O)c1ccccc1CC(N)=S)C(=O)O. The Bertz CT molecular complexity index is 531. The average Bonchev–Trinajstić information content (AvgIpc) is 2.34. The molecule has 0 radical (unpaired) electrons. The molecule has 0 fully saturated rings. The number of aliphatic hydroxyl groups excluding tert-OH is 1. The second kappa shape index (κ2) is 6.97. The summed E-state index contributed by atoms with van der Waals surface area (Å²) in [4.78, 5) is 23.3. The van der Waals surface area contributed by atoms with Crippen LogP contribution in [0, 0.1) is 0 Å². The zero-order valence-corrected chi connectivity index (χ0v) is 11.7. The molecule has 0 spiro atoms. The van der Waals surface area contributed by atoms with Crippen LogP contribution in [0.2, 0.25) is 0 Å². The lowest BCUT2D eigenvalue weighted by molar-refractivity contribution is -0.141. The minimum atomic E-state index is -1.37. The van der Waals surface area contributed by atoms with Gasteiger partial charge in [-0.05, 0) is 18.6 Å². The normalized spacial score (nSPS) is 13.3. The van der Waals surface area contributed by atoms with E-state index in [9.17, 15) is 14.7 Å². The number of benzene rings is 1. The number of aliphatic carboxylic acids is 1. The Morgan fingerprint density at radius 2 is 2.00 bits per heavy atom. The summed E-state index contributed by atoms with van der Waals surface area (Å²) < 4.78 is 0. The van der Waals surface area contributed by atoms with Gasteiger partial charge in [0.15, 0.2) is 6.04 Å². The number of thiocarbonyl (C=S) groups is 1. The Balaban J connectivity index is 2.97. The Kier molecular flexibility index (Phi) is 5.60. The molecule has 1 aromatic rings. The molecule has 0 saturated carbocycles. The molecule has 1 rings (SSSR count). The lowest BCUT2D eigenvalue weighted by atomic mass is 10.0. The Labute approximate surface area is 121 Å². The highest BCUT2D eigenvalue weighted by molar-refractivity contribution is 7.80. The second-order valence-electron chi connectivity index (χ2n) is 4.33. The van der Waals surface area contributed by atoms with Crippen molar-refractivity contribution in [2.24, 2.45) is 5.73 Å². The van der Waals surface area contributed by atoms with Crippen LogP contribution in [0.1, 0.15) is 22.8 Å². The maximum Gasteiger partial charge on any atom is 0.328 e. The number of nitrogens with two attached hydrogens (primary N) is 1. The molecule has 0 bridgehead atoms. The van der Waals surface area contributed by atoms with Gasteiger partial charge in [-0.2, -0.15) is 0 Å². The van der Waals surface area contributed by atoms with Gasteiger partial charge in [-0.1, -0.05) is 30.4 Å². The number of hydrogen-bond acceptors (Lipinski definition) is 4. The fraction of sp³-hybridized carbons (Fsp3) is 0.308. The van der Waals surface area contributed by atoms with Crippen LogP contribution in [0.5, 0.6) is 0 Å². The van der Waals surface area contributed by atoms with E-state index >= 15 is 0 Å². The van der Waals surface area contributed by atoms with Crippen molar-refractivity contribution >= 4 is 29.1 Å². The van der Waals surface area contributed by atoms with Gasteiger partial charge in [0.1, 0.15) is 0 Å². The minimum Gasteiger partial charge on any atom is -0.480 e. The highest BCUT2D eigenvalue weighted by Crippen LogP contribution is 2.10. The minimum absolute atomic E-state index is 0.232. The number of aliphatic hydroxyl groups is 1. The van der Waals surface area contributed by atoms with Gasteiger partial charge in [0.2, 0.25) is 0 Å². The summed E-state index contributed by atoms with van der Waals surface area (Å²) >= 11 is 4.81. The zero-order chi connectivity index (χ0) is 15.3. The quantitative estimate of drug-likeness (QED) is 0.553. The lowest BCUT2D eigenvalue weighted by Crippen LogP contribution is -2.47. The van der Waals surface area contributed by atoms with E-state index in [1.165, 1.54) is 6.92 Å². The van der Waals surface area contributed by atoms with Gasteiger partial charge in [0.25, 0.3) is 5.91 Å². The molecule has 2 unspecified atom stereocenters. The van der Waals surface area contributed by atoms with Crippen LogP contribution in [0.4, 0.5) is 0 Å². The van der Waals surface area contributed by atoms with Crippen molar-refractivity contribution in [1.29, 1.82) is 0 Å². The average molecular weight is 296 g/mol. The summed E-state index contributed by atoms with van der Waals surface area (Å²) in [5.41, 5.74) is 6.35. The van der Waals surface area contributed by atoms with E-state index < -0.39 is 24.0 Å². The maximum atomic E-state index is 12.1. The van der Waals surface area contributed by atoms with Crippen LogP contribution in [0.15, 0.2) is 24.3 Å². The van der Waals surface area contributed by atoms with E-state index in [-0.39, 0.29) is 17.0 Å². The molecule has 6 nitrogen and oxygen atoms in total. The highest BCUT2D eigenvalue weighted by atomic mass is 32.1. The molecule has 1 amide bonds. The van der Waals surface area contributed by atoms with Gasteiger partial charge in [0, 0.05) is 12.0 Å². The molecule has 108 valence electrons. The standard InChI is InChI=1S/C13H16N2O4S/c1-7(16)11(13(18)19)15-12(17)9-5-3-2-4-8(9)6-10(14)20/h2-5,7,11,16H,6H2,1H3,(H2,14,20)(H,15,17)(H,18,19).